The van der Waals surface area contributed by atoms with Crippen LogP contribution in [0.2, 0.25) is 0 Å². The van der Waals surface area contributed by atoms with Crippen molar-refractivity contribution in [3.05, 3.63) is 0 Å². The van der Waals surface area contributed by atoms with Gasteiger partial charge in [-0.05, 0) is 48.0 Å². The van der Waals surface area contributed by atoms with Gasteiger partial charge in [-0.15, -0.1) is 0 Å². The summed E-state index contributed by atoms with van der Waals surface area (Å²) in [7, 11) is 0. The van der Waals surface area contributed by atoms with E-state index >= 15 is 0 Å². The van der Waals surface area contributed by atoms with Gasteiger partial charge in [0.15, 0.2) is 0 Å². The summed E-state index contributed by atoms with van der Waals surface area (Å²) in [6, 6.07) is 0. The number of quaternary nitrogens is 2. The minimum atomic E-state index is 0.790. The Balaban J connectivity index is 4.48. The van der Waals surface area contributed by atoms with Crippen molar-refractivity contribution in [2.24, 2.45) is 0 Å². The third-order valence-electron chi connectivity index (χ3n) is 8.11. The first kappa shape index (κ1) is 27.9. The van der Waals surface area contributed by atoms with Crippen molar-refractivity contribution in [1.29, 1.82) is 0 Å². The lowest BCUT2D eigenvalue weighted by Crippen LogP contribution is -2.70. The first-order valence-electron chi connectivity index (χ1n) is 13.3. The fourth-order valence-electron chi connectivity index (χ4n) is 5.66. The minimum Gasteiger partial charge on any atom is -0.275 e. The van der Waals surface area contributed by atoms with Gasteiger partial charge in [-0.2, -0.15) is 0 Å². The van der Waals surface area contributed by atoms with Gasteiger partial charge in [-0.1, -0.05) is 71.1 Å². The van der Waals surface area contributed by atoms with Crippen LogP contribution in [0.5, 0.6) is 0 Å². The Morgan fingerprint density at radius 1 is 0.393 bits per heavy atom. The van der Waals surface area contributed by atoms with Crippen molar-refractivity contribution in [3.8, 4) is 0 Å². The van der Waals surface area contributed by atoms with Gasteiger partial charge in [-0.25, -0.2) is 0 Å². The highest BCUT2D eigenvalue weighted by molar-refractivity contribution is 4.56. The fraction of sp³-hybridized carbons (Fsp3) is 1.00. The molecule has 0 aliphatic heterocycles. The van der Waals surface area contributed by atoms with Gasteiger partial charge in [0, 0.05) is 0 Å². The van der Waals surface area contributed by atoms with Gasteiger partial charge in [-0.3, -0.25) is 8.97 Å². The van der Waals surface area contributed by atoms with E-state index in [2.05, 4.69) is 48.5 Å². The molecule has 0 amide bonds. The molecule has 0 spiro atoms. The standard InChI is InChI=1S/C26H58N2/c1-8-15-16-17-18-19-20-21-22-23-24-25-26(27(9-2,10-3)11-4)28(12-5,13-6)14-7/h26H,8-25H2,1-7H3/q+2. The van der Waals surface area contributed by atoms with Crippen molar-refractivity contribution < 1.29 is 8.97 Å². The maximum atomic E-state index is 2.43. The summed E-state index contributed by atoms with van der Waals surface area (Å²) in [5.74, 6) is 0. The number of rotatable bonds is 20. The van der Waals surface area contributed by atoms with Crippen LogP contribution < -0.4 is 0 Å². The molecule has 0 atom stereocenters. The maximum Gasteiger partial charge on any atom is 0.216 e. The summed E-state index contributed by atoms with van der Waals surface area (Å²) in [4.78, 5) is 0. The minimum absolute atomic E-state index is 0.790. The summed E-state index contributed by atoms with van der Waals surface area (Å²) < 4.78 is 2.63. The zero-order valence-electron chi connectivity index (χ0n) is 21.2. The van der Waals surface area contributed by atoms with Gasteiger partial charge in [0.05, 0.1) is 45.7 Å². The molecule has 0 unspecified atom stereocenters. The second-order valence-corrected chi connectivity index (χ2v) is 9.14. The SMILES string of the molecule is CCCCCCCCCCCCCC([N+](CC)(CC)CC)[N+](CC)(CC)CC. The Bertz CT molecular complexity index is 295. The number of hydrogen-bond acceptors (Lipinski definition) is 0. The molecular weight excluding hydrogens is 340 g/mol. The van der Waals surface area contributed by atoms with Crippen LogP contribution in [0.1, 0.15) is 126 Å². The average molecular weight is 399 g/mol. The zero-order valence-corrected chi connectivity index (χ0v) is 21.2. The molecule has 0 aliphatic rings. The second kappa shape index (κ2) is 16.7. The van der Waals surface area contributed by atoms with E-state index in [1.165, 1.54) is 125 Å². The Morgan fingerprint density at radius 3 is 0.964 bits per heavy atom. The lowest BCUT2D eigenvalue weighted by atomic mass is 10.0. The average Bonchev–Trinajstić information content (AvgIpc) is 2.74. The molecule has 0 N–H and O–H groups in total. The monoisotopic (exact) mass is 398 g/mol. The van der Waals surface area contributed by atoms with Crippen LogP contribution in [0.4, 0.5) is 0 Å². The number of hydrogen-bond donors (Lipinski definition) is 0. The van der Waals surface area contributed by atoms with Crippen LogP contribution in [0.25, 0.3) is 0 Å². The molecule has 0 heterocycles. The van der Waals surface area contributed by atoms with Crippen molar-refractivity contribution in [2.45, 2.75) is 132 Å². The van der Waals surface area contributed by atoms with Gasteiger partial charge in [0.2, 0.25) is 6.17 Å². The predicted octanol–water partition coefficient (Wildman–Crippen LogP) is 7.77. The van der Waals surface area contributed by atoms with Crippen molar-refractivity contribution in [1.82, 2.24) is 0 Å². The van der Waals surface area contributed by atoms with Crippen LogP contribution in [0.15, 0.2) is 0 Å². The molecule has 0 saturated heterocycles. The third-order valence-corrected chi connectivity index (χ3v) is 8.11. The van der Waals surface area contributed by atoms with E-state index in [1.807, 2.05) is 0 Å². The fourth-order valence-corrected chi connectivity index (χ4v) is 5.66. The van der Waals surface area contributed by atoms with E-state index in [1.54, 1.807) is 0 Å². The van der Waals surface area contributed by atoms with Gasteiger partial charge in [0.1, 0.15) is 0 Å². The molecule has 0 rings (SSSR count). The van der Waals surface area contributed by atoms with Crippen molar-refractivity contribution >= 4 is 0 Å². The van der Waals surface area contributed by atoms with Gasteiger partial charge in [0.25, 0.3) is 0 Å². The molecule has 0 saturated carbocycles. The first-order chi connectivity index (χ1) is 13.6. The zero-order chi connectivity index (χ0) is 21.3. The Labute approximate surface area is 180 Å². The van der Waals surface area contributed by atoms with Crippen LogP contribution in [0, 0.1) is 0 Å². The van der Waals surface area contributed by atoms with E-state index in [-0.39, 0.29) is 0 Å². The molecule has 0 radical (unpaired) electrons. The molecule has 28 heavy (non-hydrogen) atoms. The Kier molecular flexibility index (Phi) is 16.6. The summed E-state index contributed by atoms with van der Waals surface area (Å²) in [5, 5.41) is 0. The molecule has 0 aromatic carbocycles. The van der Waals surface area contributed by atoms with Crippen molar-refractivity contribution in [2.75, 3.05) is 39.3 Å². The van der Waals surface area contributed by atoms with E-state index < -0.39 is 0 Å². The topological polar surface area (TPSA) is 0 Å². The van der Waals surface area contributed by atoms with E-state index in [4.69, 9.17) is 0 Å². The predicted molar refractivity (Wildman–Crippen MR) is 129 cm³/mol. The first-order valence-corrected chi connectivity index (χ1v) is 13.3. The van der Waals surface area contributed by atoms with E-state index in [9.17, 15) is 0 Å². The molecule has 0 fully saturated rings. The second-order valence-electron chi connectivity index (χ2n) is 9.14. The molecule has 2 heteroatoms. The van der Waals surface area contributed by atoms with Crippen LogP contribution in [-0.4, -0.2) is 54.4 Å². The maximum absolute atomic E-state index is 2.43. The molecule has 0 aliphatic carbocycles. The highest BCUT2D eigenvalue weighted by atomic mass is 15.6. The lowest BCUT2D eigenvalue weighted by molar-refractivity contribution is -1.13. The molecular formula is C26H58N2+2. The summed E-state index contributed by atoms with van der Waals surface area (Å²) in [6.07, 6.45) is 18.1. The molecule has 0 aromatic rings. The molecule has 170 valence electrons. The van der Waals surface area contributed by atoms with Crippen molar-refractivity contribution in [3.63, 3.8) is 0 Å². The molecule has 0 bridgehead atoms. The van der Waals surface area contributed by atoms with Crippen LogP contribution in [0.3, 0.4) is 0 Å². The van der Waals surface area contributed by atoms with Gasteiger partial charge < -0.3 is 0 Å². The Morgan fingerprint density at radius 2 is 0.679 bits per heavy atom. The van der Waals surface area contributed by atoms with E-state index in [0.29, 0.717) is 0 Å². The van der Waals surface area contributed by atoms with Crippen LogP contribution >= 0.6 is 0 Å². The lowest BCUT2D eigenvalue weighted by Gasteiger charge is -2.52. The Hall–Kier alpha value is -0.0800. The molecule has 0 aromatic heterocycles. The smallest absolute Gasteiger partial charge is 0.216 e. The highest BCUT2D eigenvalue weighted by Gasteiger charge is 2.45. The number of unbranched alkanes of at least 4 members (excludes halogenated alkanes) is 10. The quantitative estimate of drug-likeness (QED) is 0.112. The summed E-state index contributed by atoms with van der Waals surface area (Å²) >= 11 is 0. The normalized spacial score (nSPS) is 12.9. The largest absolute Gasteiger partial charge is 0.275 e. The van der Waals surface area contributed by atoms with E-state index in [0.717, 1.165) is 6.17 Å². The summed E-state index contributed by atoms with van der Waals surface area (Å²) in [6.45, 7) is 24.6. The van der Waals surface area contributed by atoms with Crippen LogP contribution in [-0.2, 0) is 0 Å². The third kappa shape index (κ3) is 8.74. The summed E-state index contributed by atoms with van der Waals surface area (Å²) in [5.41, 5.74) is 0. The van der Waals surface area contributed by atoms with Gasteiger partial charge >= 0.3 is 0 Å². The highest BCUT2D eigenvalue weighted by Crippen LogP contribution is 2.29. The number of nitrogens with zero attached hydrogens (tertiary/aromatic N) is 2. The molecule has 2 nitrogen and oxygen atoms in total.